The topological polar surface area (TPSA) is 88.3 Å². The first-order valence-corrected chi connectivity index (χ1v) is 10.3. The van der Waals surface area contributed by atoms with E-state index >= 15 is 0 Å². The summed E-state index contributed by atoms with van der Waals surface area (Å²) in [5.74, 6) is 3.66. The maximum Gasteiger partial charge on any atom is 0.191 e. The maximum atomic E-state index is 10.9. The van der Waals surface area contributed by atoms with Crippen molar-refractivity contribution in [1.82, 2.24) is 10.6 Å². The number of hydrogen-bond donors (Lipinski definition) is 3. The number of furan rings is 1. The van der Waals surface area contributed by atoms with E-state index in [1.54, 1.807) is 21.1 Å². The molecule has 0 aliphatic heterocycles. The van der Waals surface area contributed by atoms with Gasteiger partial charge in [-0.1, -0.05) is 6.07 Å². The molecule has 1 aromatic carbocycles. The first kappa shape index (κ1) is 27.1. The van der Waals surface area contributed by atoms with Gasteiger partial charge in [0.25, 0.3) is 0 Å². The second kappa shape index (κ2) is 12.8. The minimum atomic E-state index is -1.09. The van der Waals surface area contributed by atoms with Crippen LogP contribution in [0.3, 0.4) is 0 Å². The minimum Gasteiger partial charge on any atom is -0.493 e. The van der Waals surface area contributed by atoms with E-state index in [9.17, 15) is 5.11 Å². The summed E-state index contributed by atoms with van der Waals surface area (Å²) in [6.45, 7) is 9.24. The molecule has 174 valence electrons. The normalized spacial score (nSPS) is 13.2. The molecular weight excluding hydrogens is 509 g/mol. The molecule has 1 unspecified atom stereocenters. The summed E-state index contributed by atoms with van der Waals surface area (Å²) in [5.41, 5.74) is 0.863. The van der Waals surface area contributed by atoms with Gasteiger partial charge in [0, 0.05) is 18.7 Å². The summed E-state index contributed by atoms with van der Waals surface area (Å²) < 4.78 is 16.2. The summed E-state index contributed by atoms with van der Waals surface area (Å²) in [6, 6.07) is 7.85. The molecule has 2 aromatic rings. The zero-order valence-electron chi connectivity index (χ0n) is 19.4. The smallest absolute Gasteiger partial charge is 0.191 e. The molecule has 0 fully saturated rings. The van der Waals surface area contributed by atoms with Gasteiger partial charge >= 0.3 is 0 Å². The van der Waals surface area contributed by atoms with Gasteiger partial charge in [-0.2, -0.15) is 0 Å². The van der Waals surface area contributed by atoms with Gasteiger partial charge in [-0.15, -0.1) is 24.0 Å². The molecule has 0 bridgehead atoms. The molecule has 1 atom stereocenters. The van der Waals surface area contributed by atoms with Gasteiger partial charge in [0.1, 0.15) is 17.1 Å². The van der Waals surface area contributed by atoms with Crippen molar-refractivity contribution in [2.45, 2.75) is 46.1 Å². The Morgan fingerprint density at radius 2 is 1.84 bits per heavy atom. The second-order valence-corrected chi connectivity index (χ2v) is 7.52. The Morgan fingerprint density at radius 3 is 2.42 bits per heavy atom. The lowest BCUT2D eigenvalue weighted by molar-refractivity contribution is 0.0657. The molecule has 7 nitrogen and oxygen atoms in total. The first-order valence-electron chi connectivity index (χ1n) is 10.3. The molecule has 0 aliphatic rings. The number of nitrogens with one attached hydrogen (secondary N) is 2. The number of nitrogens with zero attached hydrogens (tertiary/aromatic N) is 1. The number of methoxy groups -OCH3 is 2. The van der Waals surface area contributed by atoms with E-state index in [0.717, 1.165) is 54.5 Å². The standard InChI is InChI=1S/C23H35N3O4.HI/c1-7-24-22(26-15-23(4,27)19-13-16(2)30-17(19)3)25-12-8-9-18-10-11-20(28-5)21(14-18)29-6;/h10-11,13-14,27H,7-9,12,15H2,1-6H3,(H2,24,25,26);1H. The first-order chi connectivity index (χ1) is 14.3. The Morgan fingerprint density at radius 1 is 1.13 bits per heavy atom. The van der Waals surface area contributed by atoms with Gasteiger partial charge in [0.15, 0.2) is 17.5 Å². The molecule has 0 amide bonds. The highest BCUT2D eigenvalue weighted by Gasteiger charge is 2.27. The van der Waals surface area contributed by atoms with Gasteiger partial charge in [-0.25, -0.2) is 4.99 Å². The van der Waals surface area contributed by atoms with Crippen LogP contribution in [-0.4, -0.2) is 44.9 Å². The predicted octanol–water partition coefficient (Wildman–Crippen LogP) is 3.93. The van der Waals surface area contributed by atoms with Crippen LogP contribution in [0.1, 0.15) is 42.9 Å². The average Bonchev–Trinajstić information content (AvgIpc) is 3.08. The third-order valence-corrected chi connectivity index (χ3v) is 4.89. The van der Waals surface area contributed by atoms with Crippen LogP contribution >= 0.6 is 24.0 Å². The number of guanidine groups is 1. The van der Waals surface area contributed by atoms with E-state index in [4.69, 9.17) is 13.9 Å². The summed E-state index contributed by atoms with van der Waals surface area (Å²) >= 11 is 0. The third-order valence-electron chi connectivity index (χ3n) is 4.89. The summed E-state index contributed by atoms with van der Waals surface area (Å²) in [6.07, 6.45) is 1.83. The van der Waals surface area contributed by atoms with Crippen LogP contribution in [0.5, 0.6) is 11.5 Å². The number of aryl methyl sites for hydroxylation is 3. The van der Waals surface area contributed by atoms with Crippen molar-refractivity contribution in [3.63, 3.8) is 0 Å². The predicted molar refractivity (Wildman–Crippen MR) is 135 cm³/mol. The van der Waals surface area contributed by atoms with Crippen molar-refractivity contribution in [2.75, 3.05) is 33.9 Å². The third kappa shape index (κ3) is 7.92. The van der Waals surface area contributed by atoms with Crippen molar-refractivity contribution >= 4 is 29.9 Å². The van der Waals surface area contributed by atoms with Gasteiger partial charge in [0.05, 0.1) is 20.8 Å². The molecule has 31 heavy (non-hydrogen) atoms. The lowest BCUT2D eigenvalue weighted by atomic mass is 9.96. The molecule has 0 saturated carbocycles. The monoisotopic (exact) mass is 545 g/mol. The highest BCUT2D eigenvalue weighted by molar-refractivity contribution is 14.0. The molecule has 0 saturated heterocycles. The molecule has 2 rings (SSSR count). The fourth-order valence-electron chi connectivity index (χ4n) is 3.36. The lowest BCUT2D eigenvalue weighted by Gasteiger charge is -2.21. The molecule has 0 radical (unpaired) electrons. The Hall–Kier alpha value is -1.94. The zero-order chi connectivity index (χ0) is 22.1. The van der Waals surface area contributed by atoms with Crippen molar-refractivity contribution in [2.24, 2.45) is 4.99 Å². The fraction of sp³-hybridized carbons (Fsp3) is 0.522. The van der Waals surface area contributed by atoms with Crippen LogP contribution in [0, 0.1) is 13.8 Å². The van der Waals surface area contributed by atoms with E-state index in [1.807, 2.05) is 45.0 Å². The highest BCUT2D eigenvalue weighted by Crippen LogP contribution is 2.28. The zero-order valence-corrected chi connectivity index (χ0v) is 21.7. The van der Waals surface area contributed by atoms with Gasteiger partial charge in [-0.05, 0) is 64.3 Å². The molecule has 3 N–H and O–H groups in total. The largest absolute Gasteiger partial charge is 0.493 e. The molecule has 0 spiro atoms. The fourth-order valence-corrected chi connectivity index (χ4v) is 3.36. The number of ether oxygens (including phenoxy) is 2. The van der Waals surface area contributed by atoms with Crippen molar-refractivity contribution in [3.8, 4) is 11.5 Å². The van der Waals surface area contributed by atoms with Crippen molar-refractivity contribution in [3.05, 3.63) is 46.9 Å². The van der Waals surface area contributed by atoms with E-state index in [0.29, 0.717) is 5.96 Å². The summed E-state index contributed by atoms with van der Waals surface area (Å²) in [4.78, 5) is 4.57. The molecular formula is C23H36IN3O4. The Balaban J connectivity index is 0.00000480. The minimum absolute atomic E-state index is 0. The van der Waals surface area contributed by atoms with Crippen molar-refractivity contribution < 1.29 is 19.0 Å². The molecule has 1 aromatic heterocycles. The Labute approximate surface area is 202 Å². The Kier molecular flexibility index (Phi) is 11.2. The molecule has 8 heteroatoms. The van der Waals surface area contributed by atoms with Crippen LogP contribution in [0.25, 0.3) is 0 Å². The van der Waals surface area contributed by atoms with Gasteiger partial charge in [-0.3, -0.25) is 0 Å². The average molecular weight is 545 g/mol. The van der Waals surface area contributed by atoms with Crippen LogP contribution < -0.4 is 20.1 Å². The maximum absolute atomic E-state index is 10.9. The van der Waals surface area contributed by atoms with Gasteiger partial charge < -0.3 is 29.6 Å². The number of benzene rings is 1. The second-order valence-electron chi connectivity index (χ2n) is 7.52. The summed E-state index contributed by atoms with van der Waals surface area (Å²) in [7, 11) is 3.28. The van der Waals surface area contributed by atoms with E-state index in [-0.39, 0.29) is 30.5 Å². The molecule has 0 aliphatic carbocycles. The van der Waals surface area contributed by atoms with E-state index in [1.165, 1.54) is 5.56 Å². The van der Waals surface area contributed by atoms with Crippen LogP contribution in [0.4, 0.5) is 0 Å². The highest BCUT2D eigenvalue weighted by atomic mass is 127. The van der Waals surface area contributed by atoms with E-state index in [2.05, 4.69) is 15.6 Å². The van der Waals surface area contributed by atoms with Crippen LogP contribution in [0.2, 0.25) is 0 Å². The number of rotatable bonds is 10. The Bertz CT molecular complexity index is 849. The SMILES string of the molecule is CCNC(=NCC(C)(O)c1cc(C)oc1C)NCCCc1ccc(OC)c(OC)c1.I. The van der Waals surface area contributed by atoms with Crippen molar-refractivity contribution in [1.29, 1.82) is 0 Å². The summed E-state index contributed by atoms with van der Waals surface area (Å²) in [5, 5.41) is 17.4. The number of aliphatic imine (C=N–C) groups is 1. The van der Waals surface area contributed by atoms with E-state index < -0.39 is 5.60 Å². The quantitative estimate of drug-likeness (QED) is 0.182. The van der Waals surface area contributed by atoms with Crippen LogP contribution in [0.15, 0.2) is 33.7 Å². The van der Waals surface area contributed by atoms with Crippen LogP contribution in [-0.2, 0) is 12.0 Å². The lowest BCUT2D eigenvalue weighted by Crippen LogP contribution is -2.39. The number of aliphatic hydroxyl groups is 1. The van der Waals surface area contributed by atoms with Gasteiger partial charge in [0.2, 0.25) is 0 Å². The number of hydrogen-bond acceptors (Lipinski definition) is 5. The molecule has 1 heterocycles. The number of halogens is 1.